The van der Waals surface area contributed by atoms with Crippen LogP contribution in [0.4, 0.5) is 4.39 Å². The number of aryl methyl sites for hydroxylation is 1. The van der Waals surface area contributed by atoms with Gasteiger partial charge in [-0.25, -0.2) is 4.39 Å². The van der Waals surface area contributed by atoms with Crippen LogP contribution < -0.4 is 5.56 Å². The van der Waals surface area contributed by atoms with Crippen molar-refractivity contribution in [2.24, 2.45) is 0 Å². The Balaban J connectivity index is 2.10. The van der Waals surface area contributed by atoms with Crippen molar-refractivity contribution in [3.63, 3.8) is 0 Å². The van der Waals surface area contributed by atoms with E-state index in [-0.39, 0.29) is 23.2 Å². The van der Waals surface area contributed by atoms with Gasteiger partial charge in [-0.1, -0.05) is 18.9 Å². The molecule has 0 spiro atoms. The molecule has 2 aromatic rings. The number of benzene rings is 1. The molecule has 1 fully saturated rings. The Morgan fingerprint density at radius 3 is 2.71 bits per heavy atom. The van der Waals surface area contributed by atoms with Crippen LogP contribution in [0, 0.1) is 12.7 Å². The SMILES string of the molecule is Cc1ccc(F)cc1-c1nc(O)c(C2CCCC2)c(=O)[nH]1. The average Bonchev–Trinajstić information content (AvgIpc) is 2.94. The zero-order chi connectivity index (χ0) is 15.0. The third-order valence-corrected chi connectivity index (χ3v) is 4.15. The first kappa shape index (κ1) is 13.8. The fourth-order valence-electron chi connectivity index (χ4n) is 3.03. The van der Waals surface area contributed by atoms with Crippen molar-refractivity contribution < 1.29 is 9.50 Å². The predicted octanol–water partition coefficient (Wildman–Crippen LogP) is 3.25. The average molecular weight is 288 g/mol. The summed E-state index contributed by atoms with van der Waals surface area (Å²) in [5, 5.41) is 10.1. The molecule has 1 aliphatic rings. The molecule has 1 saturated carbocycles. The second-order valence-electron chi connectivity index (χ2n) is 5.59. The molecule has 1 heterocycles. The minimum absolute atomic E-state index is 0.0731. The van der Waals surface area contributed by atoms with Gasteiger partial charge in [0.05, 0.1) is 5.56 Å². The van der Waals surface area contributed by atoms with Gasteiger partial charge in [0.15, 0.2) is 0 Å². The fourth-order valence-corrected chi connectivity index (χ4v) is 3.03. The summed E-state index contributed by atoms with van der Waals surface area (Å²) >= 11 is 0. The molecule has 0 bridgehead atoms. The summed E-state index contributed by atoms with van der Waals surface area (Å²) in [7, 11) is 0. The Bertz CT molecular complexity index is 734. The number of nitrogens with one attached hydrogen (secondary N) is 1. The standard InChI is InChI=1S/C16H17FN2O2/c1-9-6-7-11(17)8-12(9)14-18-15(20)13(16(21)19-14)10-4-2-3-5-10/h6-8,10H,2-5H2,1H3,(H2,18,19,20,21). The topological polar surface area (TPSA) is 66.0 Å². The highest BCUT2D eigenvalue weighted by Crippen LogP contribution is 2.36. The minimum atomic E-state index is -0.405. The monoisotopic (exact) mass is 288 g/mol. The van der Waals surface area contributed by atoms with E-state index in [1.807, 2.05) is 0 Å². The van der Waals surface area contributed by atoms with Crippen molar-refractivity contribution in [2.45, 2.75) is 38.5 Å². The molecule has 1 aromatic carbocycles. The van der Waals surface area contributed by atoms with Gasteiger partial charge in [0.25, 0.3) is 5.56 Å². The number of rotatable bonds is 2. The zero-order valence-electron chi connectivity index (χ0n) is 11.8. The molecule has 5 heteroatoms. The highest BCUT2D eigenvalue weighted by atomic mass is 19.1. The molecule has 0 radical (unpaired) electrons. The maximum Gasteiger partial charge on any atom is 0.258 e. The molecule has 3 rings (SSSR count). The number of aromatic hydroxyl groups is 1. The van der Waals surface area contributed by atoms with Crippen LogP contribution in [0.3, 0.4) is 0 Å². The van der Waals surface area contributed by atoms with Gasteiger partial charge >= 0.3 is 0 Å². The van der Waals surface area contributed by atoms with E-state index >= 15 is 0 Å². The number of nitrogens with zero attached hydrogens (tertiary/aromatic N) is 1. The molecule has 1 aromatic heterocycles. The second-order valence-corrected chi connectivity index (χ2v) is 5.59. The van der Waals surface area contributed by atoms with Crippen LogP contribution >= 0.6 is 0 Å². The first-order chi connectivity index (χ1) is 10.1. The van der Waals surface area contributed by atoms with Gasteiger partial charge in [0, 0.05) is 5.56 Å². The molecule has 0 aliphatic heterocycles. The number of halogens is 1. The lowest BCUT2D eigenvalue weighted by molar-refractivity contribution is 0.436. The van der Waals surface area contributed by atoms with E-state index in [1.54, 1.807) is 13.0 Å². The van der Waals surface area contributed by atoms with Crippen LogP contribution in [0.25, 0.3) is 11.4 Å². The zero-order valence-corrected chi connectivity index (χ0v) is 11.8. The van der Waals surface area contributed by atoms with Gasteiger partial charge in [-0.3, -0.25) is 4.79 Å². The van der Waals surface area contributed by atoms with Gasteiger partial charge in [0.1, 0.15) is 11.6 Å². The van der Waals surface area contributed by atoms with E-state index in [9.17, 15) is 14.3 Å². The second kappa shape index (κ2) is 5.31. The summed E-state index contributed by atoms with van der Waals surface area (Å²) in [5.74, 6) is -0.359. The number of H-pyrrole nitrogens is 1. The number of hydrogen-bond donors (Lipinski definition) is 2. The van der Waals surface area contributed by atoms with E-state index in [0.717, 1.165) is 31.2 Å². The lowest BCUT2D eigenvalue weighted by Crippen LogP contribution is -2.17. The third kappa shape index (κ3) is 2.55. The fraction of sp³-hybridized carbons (Fsp3) is 0.375. The van der Waals surface area contributed by atoms with E-state index < -0.39 is 5.82 Å². The highest BCUT2D eigenvalue weighted by molar-refractivity contribution is 5.60. The molecule has 0 atom stereocenters. The summed E-state index contributed by atoms with van der Waals surface area (Å²) < 4.78 is 13.4. The van der Waals surface area contributed by atoms with Crippen molar-refractivity contribution in [2.75, 3.05) is 0 Å². The number of aromatic nitrogens is 2. The number of hydrogen-bond acceptors (Lipinski definition) is 3. The quantitative estimate of drug-likeness (QED) is 0.891. The minimum Gasteiger partial charge on any atom is -0.493 e. The smallest absolute Gasteiger partial charge is 0.258 e. The van der Waals surface area contributed by atoms with Crippen LogP contribution in [0.2, 0.25) is 0 Å². The van der Waals surface area contributed by atoms with Gasteiger partial charge in [-0.15, -0.1) is 0 Å². The Labute approximate surface area is 121 Å². The Hall–Kier alpha value is -2.17. The molecular weight excluding hydrogens is 271 g/mol. The molecular formula is C16H17FN2O2. The van der Waals surface area contributed by atoms with Crippen molar-refractivity contribution in [1.29, 1.82) is 0 Å². The summed E-state index contributed by atoms with van der Waals surface area (Å²) in [6, 6.07) is 4.28. The molecule has 0 amide bonds. The Kier molecular flexibility index (Phi) is 3.49. The van der Waals surface area contributed by atoms with Crippen molar-refractivity contribution in [3.05, 3.63) is 45.5 Å². The van der Waals surface area contributed by atoms with E-state index in [1.165, 1.54) is 12.1 Å². The third-order valence-electron chi connectivity index (χ3n) is 4.15. The van der Waals surface area contributed by atoms with Crippen LogP contribution in [-0.4, -0.2) is 15.1 Å². The predicted molar refractivity (Wildman–Crippen MR) is 77.9 cm³/mol. The van der Waals surface area contributed by atoms with E-state index in [4.69, 9.17) is 0 Å². The molecule has 4 nitrogen and oxygen atoms in total. The molecule has 2 N–H and O–H groups in total. The Morgan fingerprint density at radius 2 is 2.05 bits per heavy atom. The maximum absolute atomic E-state index is 13.4. The van der Waals surface area contributed by atoms with Gasteiger partial charge in [0.2, 0.25) is 5.88 Å². The van der Waals surface area contributed by atoms with Crippen LogP contribution in [-0.2, 0) is 0 Å². The normalized spacial score (nSPS) is 15.5. The lowest BCUT2D eigenvalue weighted by atomic mass is 9.99. The summed E-state index contributed by atoms with van der Waals surface area (Å²) in [6.07, 6.45) is 3.93. The van der Waals surface area contributed by atoms with Crippen LogP contribution in [0.1, 0.15) is 42.7 Å². The lowest BCUT2D eigenvalue weighted by Gasteiger charge is -2.12. The van der Waals surface area contributed by atoms with Crippen LogP contribution in [0.15, 0.2) is 23.0 Å². The molecule has 1 aliphatic carbocycles. The molecule has 21 heavy (non-hydrogen) atoms. The van der Waals surface area contributed by atoms with Crippen LogP contribution in [0.5, 0.6) is 5.88 Å². The molecule has 0 saturated heterocycles. The van der Waals surface area contributed by atoms with Gasteiger partial charge in [-0.2, -0.15) is 4.98 Å². The van der Waals surface area contributed by atoms with E-state index in [2.05, 4.69) is 9.97 Å². The van der Waals surface area contributed by atoms with Gasteiger partial charge in [-0.05, 0) is 43.4 Å². The van der Waals surface area contributed by atoms with Crippen molar-refractivity contribution in [1.82, 2.24) is 9.97 Å². The molecule has 0 unspecified atom stereocenters. The van der Waals surface area contributed by atoms with E-state index in [0.29, 0.717) is 11.1 Å². The largest absolute Gasteiger partial charge is 0.493 e. The summed E-state index contributed by atoms with van der Waals surface area (Å²) in [4.78, 5) is 19.0. The van der Waals surface area contributed by atoms with Gasteiger partial charge < -0.3 is 10.1 Å². The summed E-state index contributed by atoms with van der Waals surface area (Å²) in [6.45, 7) is 1.80. The van der Waals surface area contributed by atoms with Crippen molar-refractivity contribution in [3.8, 4) is 17.3 Å². The highest BCUT2D eigenvalue weighted by Gasteiger charge is 2.25. The first-order valence-corrected chi connectivity index (χ1v) is 7.16. The van der Waals surface area contributed by atoms with Crippen molar-refractivity contribution >= 4 is 0 Å². The molecule has 110 valence electrons. The maximum atomic E-state index is 13.4. The Morgan fingerprint density at radius 1 is 1.33 bits per heavy atom. The summed E-state index contributed by atoms with van der Waals surface area (Å²) in [5.41, 5.74) is 1.31. The first-order valence-electron chi connectivity index (χ1n) is 7.16. The number of aromatic amines is 1.